The van der Waals surface area contributed by atoms with Crippen LogP contribution in [0, 0.1) is 5.82 Å². The summed E-state index contributed by atoms with van der Waals surface area (Å²) in [6.45, 7) is 4.61. The molecule has 0 bridgehead atoms. The third-order valence-corrected chi connectivity index (χ3v) is 8.22. The fourth-order valence-electron chi connectivity index (χ4n) is 5.82. The van der Waals surface area contributed by atoms with Crippen molar-refractivity contribution in [1.82, 2.24) is 19.8 Å². The first-order valence-electron chi connectivity index (χ1n) is 15.0. The van der Waals surface area contributed by atoms with E-state index in [9.17, 15) is 9.18 Å². The first-order chi connectivity index (χ1) is 22.4. The zero-order valence-electron chi connectivity index (χ0n) is 26.1. The summed E-state index contributed by atoms with van der Waals surface area (Å²) in [5.74, 6) is 0.945. The molecule has 46 heavy (non-hydrogen) atoms. The molecule has 1 saturated heterocycles. The Morgan fingerprint density at radius 1 is 0.891 bits per heavy atom. The van der Waals surface area contributed by atoms with Gasteiger partial charge in [-0.05, 0) is 41.5 Å². The Morgan fingerprint density at radius 3 is 2.24 bits per heavy atom. The molecule has 0 unspecified atom stereocenters. The van der Waals surface area contributed by atoms with Crippen LogP contribution in [0.2, 0.25) is 0 Å². The number of halogens is 1. The molecule has 238 valence electrons. The number of aromatic nitrogens is 2. The number of rotatable bonds is 10. The number of amides is 1. The molecule has 0 radical (unpaired) electrons. The molecule has 4 aromatic rings. The minimum Gasteiger partial charge on any atom is -0.493 e. The minimum atomic E-state index is -0.461. The molecule has 3 aromatic carbocycles. The molecule has 0 aliphatic carbocycles. The van der Waals surface area contributed by atoms with Gasteiger partial charge in [-0.25, -0.2) is 14.4 Å². The third kappa shape index (κ3) is 6.49. The van der Waals surface area contributed by atoms with Gasteiger partial charge in [0.15, 0.2) is 11.5 Å². The Bertz CT molecular complexity index is 1740. The zero-order chi connectivity index (χ0) is 32.2. The van der Waals surface area contributed by atoms with Gasteiger partial charge >= 0.3 is 0 Å². The van der Waals surface area contributed by atoms with Gasteiger partial charge in [0.2, 0.25) is 5.75 Å². The summed E-state index contributed by atoms with van der Waals surface area (Å²) in [5, 5.41) is 0. The van der Waals surface area contributed by atoms with Gasteiger partial charge in [0, 0.05) is 56.5 Å². The Hall–Kier alpha value is -5.07. The van der Waals surface area contributed by atoms with Crippen LogP contribution in [-0.4, -0.2) is 85.6 Å². The third-order valence-electron chi connectivity index (χ3n) is 8.22. The molecule has 2 N–H and O–H groups in total. The molecule has 12 heteroatoms. The van der Waals surface area contributed by atoms with Crippen LogP contribution < -0.4 is 24.8 Å². The van der Waals surface area contributed by atoms with Gasteiger partial charge in [0.1, 0.15) is 17.3 Å². The second kappa shape index (κ2) is 13.5. The van der Waals surface area contributed by atoms with E-state index in [-0.39, 0.29) is 23.4 Å². The van der Waals surface area contributed by atoms with Gasteiger partial charge in [-0.3, -0.25) is 19.5 Å². The summed E-state index contributed by atoms with van der Waals surface area (Å²) in [6, 6.07) is 18.3. The quantitative estimate of drug-likeness (QED) is 0.278. The van der Waals surface area contributed by atoms with Gasteiger partial charge in [0.05, 0.1) is 33.7 Å². The smallest absolute Gasteiger partial charge is 0.278 e. The second-order valence-electron chi connectivity index (χ2n) is 11.2. The summed E-state index contributed by atoms with van der Waals surface area (Å²) in [7, 11) is 4.64. The summed E-state index contributed by atoms with van der Waals surface area (Å²) in [5.41, 5.74) is 10.2. The lowest BCUT2D eigenvalue weighted by Crippen LogP contribution is -2.50. The van der Waals surface area contributed by atoms with Crippen LogP contribution in [0.1, 0.15) is 22.3 Å². The molecule has 1 aromatic heterocycles. The van der Waals surface area contributed by atoms with Gasteiger partial charge in [0.25, 0.3) is 11.9 Å². The van der Waals surface area contributed by atoms with Crippen LogP contribution >= 0.6 is 0 Å². The number of piperazine rings is 1. The lowest BCUT2D eigenvalue weighted by molar-refractivity contribution is -0.112. The first-order valence-corrected chi connectivity index (χ1v) is 15.0. The Kier molecular flexibility index (Phi) is 9.08. The summed E-state index contributed by atoms with van der Waals surface area (Å²) >= 11 is 0. The number of nitrogens with zero attached hydrogens (tertiary/aromatic N) is 6. The standard InChI is InChI=1S/C34H36FN7O4/c1-44-28-16-23(17-29(45-2)31(28)46-3)15-24-19-37-34(39-32(24)36)38-30-26-18-25(35)9-10-27(26)42(33(30)43)21-41-13-11-40(12-14-41)20-22-7-5-4-6-8-22/h4-10,16-19H,11-15,20-21H2,1-3H3,(H2,36,37,39)/b38-30-. The molecule has 0 atom stereocenters. The van der Waals surface area contributed by atoms with Crippen molar-refractivity contribution in [2.75, 3.05) is 64.8 Å². The Morgan fingerprint density at radius 2 is 1.59 bits per heavy atom. The van der Waals surface area contributed by atoms with Crippen molar-refractivity contribution in [2.45, 2.75) is 13.0 Å². The summed E-state index contributed by atoms with van der Waals surface area (Å²) < 4.78 is 30.7. The van der Waals surface area contributed by atoms with Crippen molar-refractivity contribution >= 4 is 29.1 Å². The number of methoxy groups -OCH3 is 3. The molecule has 0 spiro atoms. The molecular formula is C34H36FN7O4. The highest BCUT2D eigenvalue weighted by Crippen LogP contribution is 2.39. The zero-order valence-corrected chi connectivity index (χ0v) is 26.1. The normalized spacial score (nSPS) is 16.1. The van der Waals surface area contributed by atoms with Crippen LogP contribution in [0.4, 0.5) is 21.8 Å². The van der Waals surface area contributed by atoms with Gasteiger partial charge in [-0.15, -0.1) is 0 Å². The van der Waals surface area contributed by atoms with E-state index in [4.69, 9.17) is 19.9 Å². The predicted octanol–water partition coefficient (Wildman–Crippen LogP) is 4.06. The number of anilines is 2. The highest BCUT2D eigenvalue weighted by Gasteiger charge is 2.36. The van der Waals surface area contributed by atoms with Crippen molar-refractivity contribution in [3.63, 3.8) is 0 Å². The molecular weight excluding hydrogens is 589 g/mol. The second-order valence-corrected chi connectivity index (χ2v) is 11.2. The SMILES string of the molecule is COc1cc(Cc2cnc(/N=C3\C(=O)N(CN4CCN(Cc5ccccc5)CC4)c4ccc(F)cc43)nc2N)cc(OC)c1OC. The van der Waals surface area contributed by atoms with Crippen molar-refractivity contribution in [3.05, 3.63) is 94.9 Å². The summed E-state index contributed by atoms with van der Waals surface area (Å²) in [4.78, 5) is 33.3. The molecule has 1 fully saturated rings. The molecule has 0 saturated carbocycles. The maximum absolute atomic E-state index is 14.4. The number of ether oxygens (including phenoxy) is 3. The highest BCUT2D eigenvalue weighted by atomic mass is 19.1. The fourth-order valence-corrected chi connectivity index (χ4v) is 5.82. The van der Waals surface area contributed by atoms with Crippen LogP contribution in [0.15, 0.2) is 71.9 Å². The van der Waals surface area contributed by atoms with E-state index in [0.717, 1.165) is 38.3 Å². The van der Waals surface area contributed by atoms with E-state index in [1.54, 1.807) is 38.5 Å². The topological polar surface area (TPSA) is 119 Å². The molecule has 6 rings (SSSR count). The van der Waals surface area contributed by atoms with Gasteiger partial charge in [-0.1, -0.05) is 30.3 Å². The fraction of sp³-hybridized carbons (Fsp3) is 0.294. The highest BCUT2D eigenvalue weighted by molar-refractivity contribution is 6.54. The number of nitrogens with two attached hydrogens (primary N) is 1. The van der Waals surface area contributed by atoms with Crippen LogP contribution in [-0.2, 0) is 17.8 Å². The predicted molar refractivity (Wildman–Crippen MR) is 174 cm³/mol. The lowest BCUT2D eigenvalue weighted by atomic mass is 10.1. The van der Waals surface area contributed by atoms with Crippen molar-refractivity contribution in [1.29, 1.82) is 0 Å². The van der Waals surface area contributed by atoms with Crippen molar-refractivity contribution in [3.8, 4) is 17.2 Å². The van der Waals surface area contributed by atoms with Crippen LogP contribution in [0.3, 0.4) is 0 Å². The van der Waals surface area contributed by atoms with Crippen molar-refractivity contribution in [2.24, 2.45) is 4.99 Å². The van der Waals surface area contributed by atoms with E-state index < -0.39 is 5.82 Å². The maximum Gasteiger partial charge on any atom is 0.278 e. The molecule has 11 nitrogen and oxygen atoms in total. The Labute approximate surface area is 267 Å². The molecule has 1 amide bonds. The molecule has 2 aliphatic heterocycles. The number of aliphatic imine (C=N–C) groups is 1. The number of nitrogen functional groups attached to an aromatic ring is 1. The van der Waals surface area contributed by atoms with Crippen LogP contribution in [0.25, 0.3) is 0 Å². The number of carbonyl (C=O) groups is 1. The largest absolute Gasteiger partial charge is 0.493 e. The monoisotopic (exact) mass is 625 g/mol. The maximum atomic E-state index is 14.4. The van der Waals surface area contributed by atoms with Gasteiger partial charge < -0.3 is 19.9 Å². The van der Waals surface area contributed by atoms with E-state index in [2.05, 4.69) is 49.0 Å². The average molecular weight is 626 g/mol. The lowest BCUT2D eigenvalue weighted by Gasteiger charge is -2.36. The van der Waals surface area contributed by atoms with E-state index in [1.807, 2.05) is 18.2 Å². The number of hydrogen-bond acceptors (Lipinski definition) is 10. The number of carbonyl (C=O) groups excluding carboxylic acids is 1. The minimum absolute atomic E-state index is 0.0149. The van der Waals surface area contributed by atoms with Gasteiger partial charge in [-0.2, -0.15) is 4.98 Å². The number of fused-ring (bicyclic) bond motifs is 1. The van der Waals surface area contributed by atoms with E-state index >= 15 is 0 Å². The van der Waals surface area contributed by atoms with Crippen LogP contribution in [0.5, 0.6) is 17.2 Å². The summed E-state index contributed by atoms with van der Waals surface area (Å²) in [6.07, 6.45) is 1.96. The van der Waals surface area contributed by atoms with Crippen molar-refractivity contribution < 1.29 is 23.4 Å². The van der Waals surface area contributed by atoms with E-state index in [1.165, 1.54) is 17.7 Å². The molecule has 2 aliphatic rings. The number of hydrogen-bond donors (Lipinski definition) is 1. The molecule has 3 heterocycles. The average Bonchev–Trinajstić information content (AvgIpc) is 3.31. The van der Waals surface area contributed by atoms with E-state index in [0.29, 0.717) is 47.2 Å². The Balaban J connectivity index is 1.18. The number of benzene rings is 3. The first kappa shape index (κ1) is 30.9.